The Morgan fingerprint density at radius 2 is 1.41 bits per heavy atom. The Labute approximate surface area is 242 Å². The van der Waals surface area contributed by atoms with Crippen LogP contribution >= 0.6 is 11.6 Å². The highest BCUT2D eigenvalue weighted by Crippen LogP contribution is 2.22. The van der Waals surface area contributed by atoms with Crippen LogP contribution in [0.3, 0.4) is 0 Å². The number of rotatable bonds is 5. The van der Waals surface area contributed by atoms with E-state index >= 15 is 0 Å². The van der Waals surface area contributed by atoms with Crippen molar-refractivity contribution in [2.24, 2.45) is 5.10 Å². The standard InChI is InChI=1S/C18H20N6O.C10H11ClN4O/c1-14-3-2-4-15(11-14)13-19-22-16-12-18(23-7-9-25-10-8-23)24-17(21-16)5-6-20-24;11-8-7-10(14-3-5-16-6-4-14)15-9(13-8)1-2-12-15/h2-6,11-13H,7-10H2,1H3,(H,21,22);1-2,7H,3-6H2. The highest BCUT2D eigenvalue weighted by Gasteiger charge is 2.17. The van der Waals surface area contributed by atoms with Crippen LogP contribution in [0.4, 0.5) is 17.5 Å². The molecule has 13 heteroatoms. The minimum Gasteiger partial charge on any atom is -0.378 e. The zero-order valence-electron chi connectivity index (χ0n) is 22.7. The van der Waals surface area contributed by atoms with Gasteiger partial charge < -0.3 is 19.3 Å². The maximum atomic E-state index is 5.99. The lowest BCUT2D eigenvalue weighted by atomic mass is 10.2. The summed E-state index contributed by atoms with van der Waals surface area (Å²) in [6.07, 6.45) is 5.28. The third kappa shape index (κ3) is 6.40. The van der Waals surface area contributed by atoms with Gasteiger partial charge in [-0.15, -0.1) is 0 Å². The van der Waals surface area contributed by atoms with Crippen molar-refractivity contribution in [1.82, 2.24) is 29.2 Å². The van der Waals surface area contributed by atoms with Gasteiger partial charge in [0.1, 0.15) is 16.8 Å². The quantitative estimate of drug-likeness (QED) is 0.191. The molecule has 0 aliphatic carbocycles. The number of benzene rings is 1. The first-order chi connectivity index (χ1) is 20.1. The molecule has 2 aliphatic heterocycles. The number of ether oxygens (including phenoxy) is 2. The summed E-state index contributed by atoms with van der Waals surface area (Å²) in [5.74, 6) is 2.66. The largest absolute Gasteiger partial charge is 0.378 e. The van der Waals surface area contributed by atoms with E-state index in [0.29, 0.717) is 11.0 Å². The average molecular weight is 575 g/mol. The van der Waals surface area contributed by atoms with Gasteiger partial charge in [-0.2, -0.15) is 24.3 Å². The van der Waals surface area contributed by atoms with Gasteiger partial charge in [0.15, 0.2) is 17.1 Å². The normalized spacial score (nSPS) is 15.9. The Morgan fingerprint density at radius 3 is 2.05 bits per heavy atom. The number of hydrogen-bond donors (Lipinski definition) is 1. The molecule has 5 aromatic rings. The van der Waals surface area contributed by atoms with Gasteiger partial charge in [-0.05, 0) is 12.5 Å². The van der Waals surface area contributed by atoms with E-state index in [0.717, 1.165) is 81.1 Å². The molecule has 6 heterocycles. The fourth-order valence-corrected chi connectivity index (χ4v) is 4.96. The van der Waals surface area contributed by atoms with Gasteiger partial charge in [0.2, 0.25) is 0 Å². The summed E-state index contributed by atoms with van der Waals surface area (Å²) in [6.45, 7) is 8.37. The van der Waals surface area contributed by atoms with Crippen LogP contribution in [0.5, 0.6) is 0 Å². The van der Waals surface area contributed by atoms with Crippen LogP contribution in [0, 0.1) is 6.92 Å². The first-order valence-corrected chi connectivity index (χ1v) is 13.9. The zero-order chi connectivity index (χ0) is 28.0. The number of aryl methyl sites for hydroxylation is 1. The Morgan fingerprint density at radius 1 is 0.805 bits per heavy atom. The second-order valence-electron chi connectivity index (χ2n) is 9.62. The molecule has 0 amide bonds. The van der Waals surface area contributed by atoms with Crippen LogP contribution in [-0.4, -0.2) is 88.0 Å². The van der Waals surface area contributed by atoms with Gasteiger partial charge in [-0.3, -0.25) is 5.43 Å². The number of anilines is 3. The fourth-order valence-electron chi connectivity index (χ4n) is 4.78. The molecule has 0 atom stereocenters. The molecule has 0 bridgehead atoms. The van der Waals surface area contributed by atoms with E-state index in [4.69, 9.17) is 21.1 Å². The highest BCUT2D eigenvalue weighted by molar-refractivity contribution is 6.29. The summed E-state index contributed by atoms with van der Waals surface area (Å²) >= 11 is 5.99. The SMILES string of the molecule is Cc1cccc(C=NNc2cc(N3CCOCC3)n3nccc3n2)c1.Clc1cc(N2CCOCC2)n2nccc2n1. The summed E-state index contributed by atoms with van der Waals surface area (Å²) in [5.41, 5.74) is 6.85. The monoisotopic (exact) mass is 574 g/mol. The van der Waals surface area contributed by atoms with Crippen molar-refractivity contribution >= 4 is 46.6 Å². The Hall–Kier alpha value is -4.26. The van der Waals surface area contributed by atoms with Crippen LogP contribution in [-0.2, 0) is 9.47 Å². The van der Waals surface area contributed by atoms with E-state index in [2.05, 4.69) is 59.5 Å². The molecule has 12 nitrogen and oxygen atoms in total. The third-order valence-corrected chi connectivity index (χ3v) is 6.95. The van der Waals surface area contributed by atoms with E-state index < -0.39 is 0 Å². The van der Waals surface area contributed by atoms with Gasteiger partial charge >= 0.3 is 0 Å². The third-order valence-electron chi connectivity index (χ3n) is 6.75. The van der Waals surface area contributed by atoms with E-state index in [-0.39, 0.29) is 0 Å². The molecule has 0 unspecified atom stereocenters. The predicted molar refractivity (Wildman–Crippen MR) is 159 cm³/mol. The van der Waals surface area contributed by atoms with Crippen molar-refractivity contribution < 1.29 is 9.47 Å². The molecule has 2 aliphatic rings. The van der Waals surface area contributed by atoms with Crippen LogP contribution in [0.25, 0.3) is 11.3 Å². The molecule has 212 valence electrons. The van der Waals surface area contributed by atoms with Crippen molar-refractivity contribution in [3.8, 4) is 0 Å². The topological polar surface area (TPSA) is 110 Å². The number of halogens is 1. The van der Waals surface area contributed by atoms with E-state index in [1.54, 1.807) is 23.1 Å². The molecule has 4 aromatic heterocycles. The average Bonchev–Trinajstić information content (AvgIpc) is 3.67. The predicted octanol–water partition coefficient (Wildman–Crippen LogP) is 3.54. The van der Waals surface area contributed by atoms with Crippen molar-refractivity contribution in [3.05, 3.63) is 77.2 Å². The lowest BCUT2D eigenvalue weighted by Gasteiger charge is -2.29. The molecule has 41 heavy (non-hydrogen) atoms. The maximum Gasteiger partial charge on any atom is 0.159 e. The minimum absolute atomic E-state index is 0.495. The summed E-state index contributed by atoms with van der Waals surface area (Å²) in [4.78, 5) is 13.2. The molecule has 2 saturated heterocycles. The Balaban J connectivity index is 0.000000162. The molecular weight excluding hydrogens is 544 g/mol. The molecule has 0 spiro atoms. The van der Waals surface area contributed by atoms with Crippen LogP contribution in [0.2, 0.25) is 5.15 Å². The summed E-state index contributed by atoms with van der Waals surface area (Å²) in [5, 5.41) is 13.4. The first kappa shape index (κ1) is 26.9. The summed E-state index contributed by atoms with van der Waals surface area (Å²) in [6, 6.07) is 15.7. The van der Waals surface area contributed by atoms with Gasteiger partial charge in [0.05, 0.1) is 45.0 Å². The summed E-state index contributed by atoms with van der Waals surface area (Å²) in [7, 11) is 0. The second kappa shape index (κ2) is 12.5. The van der Waals surface area contributed by atoms with Gasteiger partial charge in [-0.1, -0.05) is 41.4 Å². The smallest absolute Gasteiger partial charge is 0.159 e. The Kier molecular flexibility index (Phi) is 8.21. The molecule has 0 radical (unpaired) electrons. The van der Waals surface area contributed by atoms with E-state index in [9.17, 15) is 0 Å². The van der Waals surface area contributed by atoms with Gasteiger partial charge in [0, 0.05) is 50.4 Å². The highest BCUT2D eigenvalue weighted by atomic mass is 35.5. The molecule has 2 fully saturated rings. The first-order valence-electron chi connectivity index (χ1n) is 13.5. The molecule has 0 saturated carbocycles. The van der Waals surface area contributed by atoms with Gasteiger partial charge in [-0.25, -0.2) is 9.97 Å². The van der Waals surface area contributed by atoms with Crippen molar-refractivity contribution in [2.45, 2.75) is 6.92 Å². The van der Waals surface area contributed by atoms with Gasteiger partial charge in [0.25, 0.3) is 0 Å². The molecular formula is C28H31ClN10O2. The molecule has 1 aromatic carbocycles. The Bertz CT molecular complexity index is 1640. The van der Waals surface area contributed by atoms with Crippen molar-refractivity contribution in [3.63, 3.8) is 0 Å². The van der Waals surface area contributed by atoms with Crippen LogP contribution < -0.4 is 15.2 Å². The molecule has 1 N–H and O–H groups in total. The second-order valence-corrected chi connectivity index (χ2v) is 10.0. The summed E-state index contributed by atoms with van der Waals surface area (Å²) < 4.78 is 14.4. The zero-order valence-corrected chi connectivity index (χ0v) is 23.5. The number of aromatic nitrogens is 6. The minimum atomic E-state index is 0.495. The van der Waals surface area contributed by atoms with E-state index in [1.165, 1.54) is 5.56 Å². The number of hydrazone groups is 1. The van der Waals surface area contributed by atoms with Crippen molar-refractivity contribution in [1.29, 1.82) is 0 Å². The number of nitrogens with zero attached hydrogens (tertiary/aromatic N) is 9. The van der Waals surface area contributed by atoms with Crippen LogP contribution in [0.15, 0.2) is 66.0 Å². The number of nitrogens with one attached hydrogen (secondary N) is 1. The number of morpholine rings is 2. The number of fused-ring (bicyclic) bond motifs is 2. The fraction of sp³-hybridized carbons (Fsp3) is 0.321. The van der Waals surface area contributed by atoms with Crippen molar-refractivity contribution in [2.75, 3.05) is 67.8 Å². The van der Waals surface area contributed by atoms with Crippen LogP contribution in [0.1, 0.15) is 11.1 Å². The molecule has 7 rings (SSSR count). The number of hydrogen-bond acceptors (Lipinski definition) is 10. The van der Waals surface area contributed by atoms with E-state index in [1.807, 2.05) is 40.9 Å². The lowest BCUT2D eigenvalue weighted by molar-refractivity contribution is 0.122. The maximum absolute atomic E-state index is 5.99. The lowest BCUT2D eigenvalue weighted by Crippen LogP contribution is -2.37.